The molecule has 0 aliphatic rings. The maximum absolute atomic E-state index is 13.3. The lowest BCUT2D eigenvalue weighted by Gasteiger charge is -2.24. The highest BCUT2D eigenvalue weighted by Gasteiger charge is 2.22. The van der Waals surface area contributed by atoms with Gasteiger partial charge in [-0.1, -0.05) is 66.7 Å². The third-order valence-corrected chi connectivity index (χ3v) is 4.45. The van der Waals surface area contributed by atoms with Crippen LogP contribution in [0.15, 0.2) is 78.9 Å². The van der Waals surface area contributed by atoms with Gasteiger partial charge in [0.1, 0.15) is 0 Å². The molecule has 5 heteroatoms. The molecule has 5 nitrogen and oxygen atoms in total. The number of hydrogen-bond acceptors (Lipinski definition) is 3. The zero-order chi connectivity index (χ0) is 19.2. The van der Waals surface area contributed by atoms with E-state index in [1.165, 1.54) is 6.07 Å². The topological polar surface area (TPSA) is 63.5 Å². The molecule has 3 rings (SSSR count). The molecule has 0 aromatic heterocycles. The average Bonchev–Trinajstić information content (AvgIpc) is 2.68. The lowest BCUT2D eigenvalue weighted by atomic mass is 10.0. The first-order valence-corrected chi connectivity index (χ1v) is 8.67. The summed E-state index contributed by atoms with van der Waals surface area (Å²) in [6.07, 6.45) is 0. The smallest absolute Gasteiger partial charge is 0.273 e. The molecule has 0 fully saturated rings. The minimum Gasteiger partial charge on any atom is -0.330 e. The molecule has 3 aromatic rings. The first-order valence-electron chi connectivity index (χ1n) is 8.67. The van der Waals surface area contributed by atoms with Crippen molar-refractivity contribution in [1.82, 2.24) is 4.90 Å². The molecule has 0 saturated heterocycles. The van der Waals surface area contributed by atoms with Crippen molar-refractivity contribution in [3.05, 3.63) is 111 Å². The minimum absolute atomic E-state index is 0.0415. The van der Waals surface area contributed by atoms with Crippen LogP contribution in [0.25, 0.3) is 0 Å². The van der Waals surface area contributed by atoms with Gasteiger partial charge >= 0.3 is 0 Å². The second-order valence-corrected chi connectivity index (χ2v) is 6.34. The number of nitro groups is 1. The van der Waals surface area contributed by atoms with E-state index in [-0.39, 0.29) is 11.6 Å². The van der Waals surface area contributed by atoms with Crippen LogP contribution in [0, 0.1) is 17.0 Å². The Morgan fingerprint density at radius 3 is 1.85 bits per heavy atom. The Balaban J connectivity index is 1.95. The fourth-order valence-corrected chi connectivity index (χ4v) is 3.03. The van der Waals surface area contributed by atoms with E-state index in [0.29, 0.717) is 24.2 Å². The highest BCUT2D eigenvalue weighted by atomic mass is 16.6. The fraction of sp³-hybridized carbons (Fsp3) is 0.136. The number of benzene rings is 3. The number of nitro benzene ring substituents is 1. The summed E-state index contributed by atoms with van der Waals surface area (Å²) in [5, 5.41) is 11.2. The Morgan fingerprint density at radius 2 is 1.37 bits per heavy atom. The average molecular weight is 360 g/mol. The number of nitrogens with zero attached hydrogens (tertiary/aromatic N) is 2. The van der Waals surface area contributed by atoms with Gasteiger partial charge < -0.3 is 4.90 Å². The van der Waals surface area contributed by atoms with Gasteiger partial charge in [-0.05, 0) is 24.1 Å². The fourth-order valence-electron chi connectivity index (χ4n) is 3.03. The maximum Gasteiger partial charge on any atom is 0.273 e. The summed E-state index contributed by atoms with van der Waals surface area (Å²) in [6, 6.07) is 24.1. The van der Waals surface area contributed by atoms with Crippen LogP contribution in [0.5, 0.6) is 0 Å². The molecule has 0 heterocycles. The van der Waals surface area contributed by atoms with Gasteiger partial charge in [0.15, 0.2) is 0 Å². The van der Waals surface area contributed by atoms with Gasteiger partial charge in [0.25, 0.3) is 11.6 Å². The van der Waals surface area contributed by atoms with Gasteiger partial charge in [-0.3, -0.25) is 14.9 Å². The Labute approximate surface area is 158 Å². The quantitative estimate of drug-likeness (QED) is 0.471. The molecule has 0 aliphatic carbocycles. The zero-order valence-electron chi connectivity index (χ0n) is 15.0. The Hall–Kier alpha value is -3.47. The molecule has 3 aromatic carbocycles. The highest BCUT2D eigenvalue weighted by molar-refractivity contribution is 5.96. The van der Waals surface area contributed by atoms with Gasteiger partial charge in [0.05, 0.1) is 4.92 Å². The SMILES string of the molecule is Cc1c(C(=O)N(Cc2ccccc2)Cc2ccccc2)cccc1[N+](=O)[O-]. The molecule has 1 amide bonds. The first-order chi connectivity index (χ1) is 13.1. The van der Waals surface area contributed by atoms with Crippen LogP contribution in [-0.2, 0) is 13.1 Å². The summed E-state index contributed by atoms with van der Waals surface area (Å²) < 4.78 is 0. The minimum atomic E-state index is -0.454. The first kappa shape index (κ1) is 18.3. The van der Waals surface area contributed by atoms with E-state index in [1.54, 1.807) is 24.0 Å². The molecule has 136 valence electrons. The maximum atomic E-state index is 13.3. The molecule has 0 saturated carbocycles. The predicted octanol–water partition coefficient (Wildman–Crippen LogP) is 4.75. The van der Waals surface area contributed by atoms with E-state index < -0.39 is 4.92 Å². The standard InChI is InChI=1S/C22H20N2O3/c1-17-20(13-8-14-21(17)24(26)27)22(25)23(15-18-9-4-2-5-10-18)16-19-11-6-3-7-12-19/h2-14H,15-16H2,1H3. The summed E-state index contributed by atoms with van der Waals surface area (Å²) in [4.78, 5) is 25.7. The number of rotatable bonds is 6. The second kappa shape index (κ2) is 8.27. The summed E-state index contributed by atoms with van der Waals surface area (Å²) >= 11 is 0. The number of hydrogen-bond donors (Lipinski definition) is 0. The lowest BCUT2D eigenvalue weighted by molar-refractivity contribution is -0.385. The zero-order valence-corrected chi connectivity index (χ0v) is 15.0. The van der Waals surface area contributed by atoms with Crippen LogP contribution in [-0.4, -0.2) is 15.7 Å². The molecule has 27 heavy (non-hydrogen) atoms. The molecular weight excluding hydrogens is 340 g/mol. The van der Waals surface area contributed by atoms with Crippen molar-refractivity contribution < 1.29 is 9.72 Å². The van der Waals surface area contributed by atoms with E-state index >= 15 is 0 Å². The van der Waals surface area contributed by atoms with Gasteiger partial charge in [0.2, 0.25) is 0 Å². The predicted molar refractivity (Wildman–Crippen MR) is 104 cm³/mol. The highest BCUT2D eigenvalue weighted by Crippen LogP contribution is 2.23. The summed E-state index contributed by atoms with van der Waals surface area (Å²) in [5.74, 6) is -0.219. The summed E-state index contributed by atoms with van der Waals surface area (Å²) in [5.41, 5.74) is 2.71. The van der Waals surface area contributed by atoms with Crippen molar-refractivity contribution in [1.29, 1.82) is 0 Å². The molecule has 0 N–H and O–H groups in total. The monoisotopic (exact) mass is 360 g/mol. The summed E-state index contributed by atoms with van der Waals surface area (Å²) in [6.45, 7) is 2.47. The van der Waals surface area contributed by atoms with Gasteiger partial charge in [-0.25, -0.2) is 0 Å². The lowest BCUT2D eigenvalue weighted by Crippen LogP contribution is -2.30. The van der Waals surface area contributed by atoms with Crippen molar-refractivity contribution in [3.63, 3.8) is 0 Å². The largest absolute Gasteiger partial charge is 0.330 e. The van der Waals surface area contributed by atoms with E-state index in [9.17, 15) is 14.9 Å². The molecule has 0 radical (unpaired) electrons. The normalized spacial score (nSPS) is 10.4. The van der Waals surface area contributed by atoms with E-state index in [2.05, 4.69) is 0 Å². The Bertz CT molecular complexity index is 899. The van der Waals surface area contributed by atoms with Crippen LogP contribution in [0.4, 0.5) is 5.69 Å². The number of amides is 1. The Kier molecular flexibility index (Phi) is 5.61. The molecule has 0 unspecified atom stereocenters. The van der Waals surface area contributed by atoms with E-state index in [0.717, 1.165) is 11.1 Å². The van der Waals surface area contributed by atoms with Gasteiger partial charge in [-0.15, -0.1) is 0 Å². The van der Waals surface area contributed by atoms with Crippen molar-refractivity contribution in [3.8, 4) is 0 Å². The number of carbonyl (C=O) groups is 1. The molecular formula is C22H20N2O3. The van der Waals surface area contributed by atoms with Crippen LogP contribution >= 0.6 is 0 Å². The summed E-state index contributed by atoms with van der Waals surface area (Å²) in [7, 11) is 0. The van der Waals surface area contributed by atoms with Crippen molar-refractivity contribution in [2.45, 2.75) is 20.0 Å². The van der Waals surface area contributed by atoms with Gasteiger partial charge in [-0.2, -0.15) is 0 Å². The third-order valence-electron chi connectivity index (χ3n) is 4.45. The molecule has 0 bridgehead atoms. The van der Waals surface area contributed by atoms with Crippen molar-refractivity contribution in [2.75, 3.05) is 0 Å². The third kappa shape index (κ3) is 4.39. The van der Waals surface area contributed by atoms with Crippen molar-refractivity contribution >= 4 is 11.6 Å². The van der Waals surface area contributed by atoms with E-state index in [1.807, 2.05) is 60.7 Å². The molecule has 0 aliphatic heterocycles. The van der Waals surface area contributed by atoms with Crippen LogP contribution < -0.4 is 0 Å². The van der Waals surface area contributed by atoms with E-state index in [4.69, 9.17) is 0 Å². The Morgan fingerprint density at radius 1 is 0.852 bits per heavy atom. The molecule has 0 atom stereocenters. The van der Waals surface area contributed by atoms with Crippen LogP contribution in [0.2, 0.25) is 0 Å². The van der Waals surface area contributed by atoms with Crippen LogP contribution in [0.1, 0.15) is 27.0 Å². The van der Waals surface area contributed by atoms with Crippen LogP contribution in [0.3, 0.4) is 0 Å². The molecule has 0 spiro atoms. The number of carbonyl (C=O) groups excluding carboxylic acids is 1. The van der Waals surface area contributed by atoms with Crippen molar-refractivity contribution in [2.24, 2.45) is 0 Å². The van der Waals surface area contributed by atoms with Gasteiger partial charge in [0, 0.05) is 30.3 Å². The second-order valence-electron chi connectivity index (χ2n) is 6.34.